The van der Waals surface area contributed by atoms with Gasteiger partial charge in [-0.25, -0.2) is 9.80 Å². The topological polar surface area (TPSA) is 80.0 Å². The zero-order valence-corrected chi connectivity index (χ0v) is 14.3. The maximum Gasteiger partial charge on any atom is 0.237 e. The largest absolute Gasteiger partial charge is 0.329 e. The maximum atomic E-state index is 12.1. The molecule has 2 heterocycles. The Hall–Kier alpha value is -1.76. The molecule has 4 N–H and O–H groups in total. The zero-order chi connectivity index (χ0) is 16.5. The first-order valence-electron chi connectivity index (χ1n) is 8.53. The van der Waals surface area contributed by atoms with Crippen molar-refractivity contribution in [3.63, 3.8) is 0 Å². The molecule has 1 saturated carbocycles. The molecule has 4 unspecified atom stereocenters. The number of benzene rings is 1. The molecule has 1 aliphatic heterocycles. The second kappa shape index (κ2) is 6.63. The Labute approximate surface area is 145 Å². The summed E-state index contributed by atoms with van der Waals surface area (Å²) in [5, 5.41) is 0. The molecule has 1 saturated heterocycles. The number of hydrazine groups is 1. The van der Waals surface area contributed by atoms with E-state index in [4.69, 9.17) is 5.73 Å². The van der Waals surface area contributed by atoms with Gasteiger partial charge in [0.2, 0.25) is 5.91 Å². The van der Waals surface area contributed by atoms with Crippen molar-refractivity contribution in [2.45, 2.75) is 31.2 Å². The van der Waals surface area contributed by atoms with Gasteiger partial charge in [0, 0.05) is 24.7 Å². The monoisotopic (exact) mass is 342 g/mol. The summed E-state index contributed by atoms with van der Waals surface area (Å²) in [6, 6.07) is 10.6. The van der Waals surface area contributed by atoms with Gasteiger partial charge in [0.1, 0.15) is 0 Å². The van der Waals surface area contributed by atoms with Crippen LogP contribution >= 0.6 is 11.5 Å². The van der Waals surface area contributed by atoms with E-state index < -0.39 is 0 Å². The van der Waals surface area contributed by atoms with E-state index in [1.165, 1.54) is 16.0 Å². The quantitative estimate of drug-likeness (QED) is 0.799. The van der Waals surface area contributed by atoms with Crippen LogP contribution in [-0.2, 0) is 4.79 Å². The second-order valence-corrected chi connectivity index (χ2v) is 7.53. The number of fused-ring (bicyclic) bond motifs is 1. The van der Waals surface area contributed by atoms with Crippen molar-refractivity contribution in [2.24, 2.45) is 17.6 Å². The van der Waals surface area contributed by atoms with Gasteiger partial charge in [0.25, 0.3) is 0 Å². The van der Waals surface area contributed by atoms with Crippen molar-refractivity contribution in [1.29, 1.82) is 0 Å². The molecule has 4 rings (SSSR count). The summed E-state index contributed by atoms with van der Waals surface area (Å²) < 4.78 is 4.45. The van der Waals surface area contributed by atoms with E-state index in [1.54, 1.807) is 11.5 Å². The molecule has 2 aliphatic rings. The van der Waals surface area contributed by atoms with Gasteiger partial charge >= 0.3 is 0 Å². The van der Waals surface area contributed by atoms with Gasteiger partial charge < -0.3 is 5.73 Å². The first-order chi connectivity index (χ1) is 11.8. The van der Waals surface area contributed by atoms with Gasteiger partial charge in [-0.3, -0.25) is 10.2 Å². The number of carbonyl (C=O) groups is 1. The molecular weight excluding hydrogens is 320 g/mol. The lowest BCUT2D eigenvalue weighted by Crippen LogP contribution is -2.62. The fourth-order valence-corrected chi connectivity index (χ4v) is 5.04. The summed E-state index contributed by atoms with van der Waals surface area (Å²) in [5.41, 5.74) is 14.4. The van der Waals surface area contributed by atoms with Gasteiger partial charge in [-0.15, -0.1) is 0 Å². The summed E-state index contributed by atoms with van der Waals surface area (Å²) in [5.74, 6) is 0.950. The summed E-state index contributed by atoms with van der Waals surface area (Å²) in [6.45, 7) is 0.543. The number of nitrogens with one attached hydrogen (secondary N) is 2. The first kappa shape index (κ1) is 15.7. The molecule has 24 heavy (non-hydrogen) atoms. The van der Waals surface area contributed by atoms with Crippen LogP contribution in [0, 0.1) is 11.8 Å². The number of hydrogen-bond acceptors (Lipinski definition) is 5. The highest BCUT2D eigenvalue weighted by Gasteiger charge is 2.42. The van der Waals surface area contributed by atoms with Crippen LogP contribution in [0.3, 0.4) is 0 Å². The zero-order valence-electron chi connectivity index (χ0n) is 13.4. The number of amides is 1. The molecule has 2 aromatic rings. The number of nitrogens with two attached hydrogens (primary N) is 1. The summed E-state index contributed by atoms with van der Waals surface area (Å²) >= 11 is 1.56. The van der Waals surface area contributed by atoms with Gasteiger partial charge in [-0.1, -0.05) is 30.3 Å². The van der Waals surface area contributed by atoms with Gasteiger partial charge in [0.05, 0.1) is 4.88 Å². The Balaban J connectivity index is 1.61. The Morgan fingerprint density at radius 1 is 1.25 bits per heavy atom. The molecule has 5 nitrogen and oxygen atoms in total. The molecular formula is C18H22N4OS. The van der Waals surface area contributed by atoms with E-state index >= 15 is 0 Å². The number of hydrogen-bond donors (Lipinski definition) is 3. The number of rotatable bonds is 3. The Morgan fingerprint density at radius 3 is 2.88 bits per heavy atom. The minimum Gasteiger partial charge on any atom is -0.329 e. The summed E-state index contributed by atoms with van der Waals surface area (Å²) in [4.78, 5) is 13.4. The lowest BCUT2D eigenvalue weighted by atomic mass is 9.68. The van der Waals surface area contributed by atoms with E-state index in [9.17, 15) is 4.79 Å². The van der Waals surface area contributed by atoms with E-state index in [1.807, 2.05) is 12.3 Å². The minimum absolute atomic E-state index is 0.0859. The van der Waals surface area contributed by atoms with Crippen LogP contribution in [0.1, 0.15) is 30.7 Å². The fraction of sp³-hybridized carbons (Fsp3) is 0.444. The van der Waals surface area contributed by atoms with Crippen LogP contribution < -0.4 is 16.6 Å². The lowest BCUT2D eigenvalue weighted by molar-refractivity contribution is -0.133. The highest BCUT2D eigenvalue weighted by molar-refractivity contribution is 7.09. The van der Waals surface area contributed by atoms with Crippen molar-refractivity contribution < 1.29 is 4.79 Å². The molecule has 126 valence electrons. The van der Waals surface area contributed by atoms with Gasteiger partial charge in [0.15, 0.2) is 0 Å². The number of aromatic nitrogens is 1. The minimum atomic E-state index is 0.0859. The second-order valence-electron chi connectivity index (χ2n) is 6.73. The predicted molar refractivity (Wildman–Crippen MR) is 95.2 cm³/mol. The van der Waals surface area contributed by atoms with Gasteiger partial charge in [-0.05, 0) is 53.8 Å². The molecule has 1 aromatic carbocycles. The third-order valence-electron chi connectivity index (χ3n) is 5.46. The van der Waals surface area contributed by atoms with E-state index in [-0.39, 0.29) is 17.9 Å². The highest BCUT2D eigenvalue weighted by Crippen LogP contribution is 2.45. The molecule has 1 amide bonds. The van der Waals surface area contributed by atoms with Crippen LogP contribution in [0.15, 0.2) is 36.5 Å². The summed E-state index contributed by atoms with van der Waals surface area (Å²) in [6.07, 6.45) is 4.96. The average Bonchev–Trinajstić information content (AvgIpc) is 3.12. The van der Waals surface area contributed by atoms with Crippen LogP contribution in [0.5, 0.6) is 0 Å². The molecule has 0 radical (unpaired) electrons. The highest BCUT2D eigenvalue weighted by atomic mass is 32.1. The Bertz CT molecular complexity index is 717. The van der Waals surface area contributed by atoms with Crippen molar-refractivity contribution >= 4 is 17.4 Å². The molecule has 0 bridgehead atoms. The van der Waals surface area contributed by atoms with E-state index in [2.05, 4.69) is 39.5 Å². The van der Waals surface area contributed by atoms with E-state index in [0.29, 0.717) is 18.4 Å². The molecule has 1 aliphatic carbocycles. The first-order valence-corrected chi connectivity index (χ1v) is 9.30. The van der Waals surface area contributed by atoms with Crippen LogP contribution in [-0.4, -0.2) is 22.9 Å². The van der Waals surface area contributed by atoms with Crippen molar-refractivity contribution in [3.8, 4) is 10.4 Å². The van der Waals surface area contributed by atoms with Crippen LogP contribution in [0.4, 0.5) is 0 Å². The fourth-order valence-electron chi connectivity index (χ4n) is 4.20. The van der Waals surface area contributed by atoms with Crippen molar-refractivity contribution in [3.05, 3.63) is 42.1 Å². The SMILES string of the molecule is NCC1NNC(=O)C2CCC(c3cnsc3-c3ccccc3)CC12. The average molecular weight is 342 g/mol. The normalized spacial score (nSPS) is 29.8. The molecule has 4 atom stereocenters. The van der Waals surface area contributed by atoms with Crippen molar-refractivity contribution in [1.82, 2.24) is 15.2 Å². The van der Waals surface area contributed by atoms with Crippen molar-refractivity contribution in [2.75, 3.05) is 6.54 Å². The Morgan fingerprint density at radius 2 is 2.08 bits per heavy atom. The number of nitrogens with zero attached hydrogens (tertiary/aromatic N) is 1. The number of carbonyl (C=O) groups excluding carboxylic acids is 1. The van der Waals surface area contributed by atoms with E-state index in [0.717, 1.165) is 19.3 Å². The van der Waals surface area contributed by atoms with Crippen LogP contribution in [0.25, 0.3) is 10.4 Å². The standard InChI is InChI=1S/C18H22N4OS/c19-9-16-14-8-12(6-7-13(14)18(23)22-21-16)15-10-20-24-17(15)11-4-2-1-3-5-11/h1-5,10,12-14,16,21H,6-9,19H2,(H,22,23). The molecule has 6 heteroatoms. The molecule has 1 aromatic heterocycles. The van der Waals surface area contributed by atoms with Crippen LogP contribution in [0.2, 0.25) is 0 Å². The third-order valence-corrected chi connectivity index (χ3v) is 6.33. The lowest BCUT2D eigenvalue weighted by Gasteiger charge is -2.43. The Kier molecular flexibility index (Phi) is 4.35. The molecule has 0 spiro atoms. The maximum absolute atomic E-state index is 12.1. The smallest absolute Gasteiger partial charge is 0.237 e. The summed E-state index contributed by atoms with van der Waals surface area (Å²) in [7, 11) is 0. The third kappa shape index (κ3) is 2.75. The molecule has 2 fully saturated rings. The predicted octanol–water partition coefficient (Wildman–Crippen LogP) is 2.27. The van der Waals surface area contributed by atoms with Gasteiger partial charge in [-0.2, -0.15) is 0 Å².